The largest absolute Gasteiger partial charge is 0.493 e. The van der Waals surface area contributed by atoms with E-state index in [-0.39, 0.29) is 17.7 Å². The molecule has 1 N–H and O–H groups in total. The predicted octanol–water partition coefficient (Wildman–Crippen LogP) is 5.81. The van der Waals surface area contributed by atoms with Crippen LogP contribution in [-0.2, 0) is 11.3 Å². The Morgan fingerprint density at radius 3 is 2.62 bits per heavy atom. The monoisotopic (exact) mass is 413 g/mol. The van der Waals surface area contributed by atoms with E-state index in [9.17, 15) is 9.90 Å². The van der Waals surface area contributed by atoms with Crippen LogP contribution in [0, 0.1) is 5.92 Å². The molecular weight excluding hydrogens is 394 g/mol. The van der Waals surface area contributed by atoms with Gasteiger partial charge in [0, 0.05) is 16.3 Å². The molecule has 0 unspecified atom stereocenters. The summed E-state index contributed by atoms with van der Waals surface area (Å²) < 4.78 is 2.64. The molecule has 0 aliphatic rings. The fourth-order valence-electron chi connectivity index (χ4n) is 2.82. The lowest BCUT2D eigenvalue weighted by Crippen LogP contribution is -1.98. The molecule has 0 radical (unpaired) electrons. The molecule has 26 heavy (non-hydrogen) atoms. The summed E-state index contributed by atoms with van der Waals surface area (Å²) in [7, 11) is 0. The molecule has 134 valence electrons. The first-order valence-corrected chi connectivity index (χ1v) is 9.24. The van der Waals surface area contributed by atoms with Crippen LogP contribution in [0.4, 0.5) is 5.69 Å². The van der Waals surface area contributed by atoms with Gasteiger partial charge in [-0.3, -0.25) is 4.79 Å². The minimum absolute atomic E-state index is 0.00282. The van der Waals surface area contributed by atoms with Crippen LogP contribution in [0.2, 0.25) is 0 Å². The number of benzene rings is 2. The second kappa shape index (κ2) is 7.83. The minimum Gasteiger partial charge on any atom is -0.493 e. The summed E-state index contributed by atoms with van der Waals surface area (Å²) in [5, 5.41) is 19.4. The second-order valence-electron chi connectivity index (χ2n) is 6.60. The van der Waals surface area contributed by atoms with Crippen molar-refractivity contribution in [3.63, 3.8) is 0 Å². The maximum Gasteiger partial charge on any atom is 0.265 e. The Labute approximate surface area is 160 Å². The summed E-state index contributed by atoms with van der Waals surface area (Å²) in [5.41, 5.74) is 2.20. The third-order valence-corrected chi connectivity index (χ3v) is 4.49. The first kappa shape index (κ1) is 18.3. The molecular formula is C20H20BrN3O2. The molecule has 0 aliphatic carbocycles. The van der Waals surface area contributed by atoms with E-state index in [0.717, 1.165) is 20.9 Å². The van der Waals surface area contributed by atoms with E-state index in [2.05, 4.69) is 26.2 Å². The predicted molar refractivity (Wildman–Crippen MR) is 106 cm³/mol. The Balaban J connectivity index is 2.05. The van der Waals surface area contributed by atoms with Crippen molar-refractivity contribution in [2.24, 2.45) is 16.1 Å². The van der Waals surface area contributed by atoms with Crippen LogP contribution in [-0.4, -0.2) is 15.6 Å². The number of rotatable bonds is 5. The maximum absolute atomic E-state index is 11.9. The van der Waals surface area contributed by atoms with E-state index < -0.39 is 0 Å². The maximum atomic E-state index is 11.9. The lowest BCUT2D eigenvalue weighted by Gasteiger charge is -2.07. The van der Waals surface area contributed by atoms with Gasteiger partial charge < -0.3 is 9.67 Å². The molecule has 2 aromatic carbocycles. The van der Waals surface area contributed by atoms with Crippen molar-refractivity contribution in [1.29, 1.82) is 0 Å². The Kier molecular flexibility index (Phi) is 5.52. The highest BCUT2D eigenvalue weighted by Crippen LogP contribution is 2.40. The lowest BCUT2D eigenvalue weighted by atomic mass is 10.1. The molecule has 0 fully saturated rings. The van der Waals surface area contributed by atoms with Crippen molar-refractivity contribution >= 4 is 38.4 Å². The molecule has 6 heteroatoms. The van der Waals surface area contributed by atoms with Crippen LogP contribution in [0.25, 0.3) is 10.9 Å². The van der Waals surface area contributed by atoms with Crippen LogP contribution < -0.4 is 0 Å². The van der Waals surface area contributed by atoms with Crippen molar-refractivity contribution in [1.82, 2.24) is 4.57 Å². The van der Waals surface area contributed by atoms with E-state index in [1.54, 1.807) is 4.57 Å². The molecule has 0 saturated carbocycles. The molecule has 3 aromatic rings. The molecule has 0 spiro atoms. The molecule has 1 amide bonds. The van der Waals surface area contributed by atoms with Crippen LogP contribution in [0.1, 0.15) is 25.8 Å². The van der Waals surface area contributed by atoms with Gasteiger partial charge in [0.05, 0.1) is 12.1 Å². The number of fused-ring (bicyclic) bond motifs is 1. The van der Waals surface area contributed by atoms with Gasteiger partial charge in [-0.2, -0.15) is 0 Å². The number of aromatic nitrogens is 1. The van der Waals surface area contributed by atoms with Crippen LogP contribution in [0.3, 0.4) is 0 Å². The Morgan fingerprint density at radius 2 is 1.92 bits per heavy atom. The van der Waals surface area contributed by atoms with E-state index in [4.69, 9.17) is 0 Å². The molecule has 1 aromatic heterocycles. The molecule has 0 bridgehead atoms. The first-order chi connectivity index (χ1) is 12.5. The van der Waals surface area contributed by atoms with Crippen LogP contribution >= 0.6 is 15.9 Å². The van der Waals surface area contributed by atoms with Crippen molar-refractivity contribution in [2.75, 3.05) is 0 Å². The highest BCUT2D eigenvalue weighted by atomic mass is 79.9. The number of nitrogens with zero attached hydrogens (tertiary/aromatic N) is 3. The topological polar surface area (TPSA) is 66.9 Å². The molecule has 0 atom stereocenters. The number of carbonyl (C=O) groups is 1. The van der Waals surface area contributed by atoms with Gasteiger partial charge in [0.1, 0.15) is 0 Å². The Hall–Kier alpha value is -2.47. The van der Waals surface area contributed by atoms with E-state index in [1.165, 1.54) is 0 Å². The van der Waals surface area contributed by atoms with Gasteiger partial charge in [0.25, 0.3) is 5.91 Å². The van der Waals surface area contributed by atoms with Crippen molar-refractivity contribution in [3.05, 3.63) is 58.6 Å². The minimum atomic E-state index is -0.293. The van der Waals surface area contributed by atoms with Crippen molar-refractivity contribution < 1.29 is 9.90 Å². The smallest absolute Gasteiger partial charge is 0.265 e. The van der Waals surface area contributed by atoms with Gasteiger partial charge in [-0.25, -0.2) is 0 Å². The number of azo groups is 1. The highest BCUT2D eigenvalue weighted by Gasteiger charge is 2.18. The molecule has 5 nitrogen and oxygen atoms in total. The average molecular weight is 414 g/mol. The molecule has 0 saturated heterocycles. The van der Waals surface area contributed by atoms with E-state index in [1.807, 2.05) is 62.4 Å². The van der Waals surface area contributed by atoms with Gasteiger partial charge in [0.2, 0.25) is 5.88 Å². The average Bonchev–Trinajstić information content (AvgIpc) is 2.84. The summed E-state index contributed by atoms with van der Waals surface area (Å²) in [4.78, 5) is 11.9. The third-order valence-electron chi connectivity index (χ3n) is 4.00. The number of halogens is 1. The Morgan fingerprint density at radius 1 is 1.19 bits per heavy atom. The number of carbonyl (C=O) groups excluding carboxylic acids is 1. The summed E-state index contributed by atoms with van der Waals surface area (Å²) >= 11 is 3.45. The van der Waals surface area contributed by atoms with Crippen LogP contribution in [0.15, 0.2) is 63.2 Å². The SMILES string of the molecule is CC(C)CC(=O)N=Nc1c(O)n(Cc2ccccc2)c2ccc(Br)cc12. The van der Waals surface area contributed by atoms with Crippen molar-refractivity contribution in [2.45, 2.75) is 26.8 Å². The fraction of sp³-hybridized carbons (Fsp3) is 0.250. The van der Waals surface area contributed by atoms with Crippen LogP contribution in [0.5, 0.6) is 5.88 Å². The molecule has 0 aliphatic heterocycles. The summed E-state index contributed by atoms with van der Waals surface area (Å²) in [6.45, 7) is 4.40. The quantitative estimate of drug-likeness (QED) is 0.535. The Bertz CT molecular complexity index is 962. The van der Waals surface area contributed by atoms with Crippen molar-refractivity contribution in [3.8, 4) is 5.88 Å². The normalized spacial score (nSPS) is 11.7. The van der Waals surface area contributed by atoms with E-state index in [0.29, 0.717) is 18.7 Å². The number of hydrogen-bond donors (Lipinski definition) is 1. The van der Waals surface area contributed by atoms with Gasteiger partial charge in [0.15, 0.2) is 5.69 Å². The number of aromatic hydroxyl groups is 1. The highest BCUT2D eigenvalue weighted by molar-refractivity contribution is 9.10. The summed E-state index contributed by atoms with van der Waals surface area (Å²) in [6, 6.07) is 15.6. The van der Waals surface area contributed by atoms with Gasteiger partial charge in [-0.05, 0) is 29.7 Å². The zero-order chi connectivity index (χ0) is 18.7. The number of hydrogen-bond acceptors (Lipinski definition) is 3. The van der Waals surface area contributed by atoms with Gasteiger partial charge in [-0.1, -0.05) is 60.1 Å². The van der Waals surface area contributed by atoms with Gasteiger partial charge in [-0.15, -0.1) is 10.2 Å². The second-order valence-corrected chi connectivity index (χ2v) is 7.51. The summed E-state index contributed by atoms with van der Waals surface area (Å²) in [5.74, 6) is -0.0787. The van der Waals surface area contributed by atoms with Gasteiger partial charge >= 0.3 is 0 Å². The van der Waals surface area contributed by atoms with E-state index >= 15 is 0 Å². The molecule has 1 heterocycles. The standard InChI is InChI=1S/C20H20BrN3O2/c1-13(2)10-18(25)22-23-19-16-11-15(21)8-9-17(16)24(20(19)26)12-14-6-4-3-5-7-14/h3-9,11,13,26H,10,12H2,1-2H3. The fourth-order valence-corrected chi connectivity index (χ4v) is 3.18. The lowest BCUT2D eigenvalue weighted by molar-refractivity contribution is -0.118. The third kappa shape index (κ3) is 4.02. The summed E-state index contributed by atoms with van der Waals surface area (Å²) in [6.07, 6.45) is 0.330. The zero-order valence-corrected chi connectivity index (χ0v) is 16.3. The molecule has 3 rings (SSSR count). The zero-order valence-electron chi connectivity index (χ0n) is 14.7. The first-order valence-electron chi connectivity index (χ1n) is 8.45. The number of amides is 1.